The van der Waals surface area contributed by atoms with Crippen LogP contribution in [-0.4, -0.2) is 5.97 Å². The number of unbranched alkanes of at least 4 members (excludes halogenated alkanes) is 10. The smallest absolute Gasteiger partial charge is 0.314 e. The molecule has 0 aliphatic heterocycles. The summed E-state index contributed by atoms with van der Waals surface area (Å²) < 4.78 is 5.77. The summed E-state index contributed by atoms with van der Waals surface area (Å²) in [6.07, 6.45) is 21.4. The van der Waals surface area contributed by atoms with Crippen LogP contribution in [0.25, 0.3) is 0 Å². The molecule has 0 unspecified atom stereocenters. The molecule has 1 aliphatic carbocycles. The first-order valence-electron chi connectivity index (χ1n) is 16.0. The number of carbonyl (C=O) groups excluding carboxylic acids is 1. The highest BCUT2D eigenvalue weighted by molar-refractivity contribution is 5.76. The van der Waals surface area contributed by atoms with Crippen LogP contribution >= 0.6 is 0 Å². The number of esters is 1. The van der Waals surface area contributed by atoms with Gasteiger partial charge in [0.2, 0.25) is 0 Å². The summed E-state index contributed by atoms with van der Waals surface area (Å²) >= 11 is 0. The van der Waals surface area contributed by atoms with Gasteiger partial charge in [0.15, 0.2) is 0 Å². The van der Waals surface area contributed by atoms with Crippen molar-refractivity contribution in [2.45, 2.75) is 135 Å². The fourth-order valence-electron chi connectivity index (χ4n) is 5.94. The maximum Gasteiger partial charge on any atom is 0.314 e. The second-order valence-electron chi connectivity index (χ2n) is 11.7. The van der Waals surface area contributed by atoms with Crippen molar-refractivity contribution in [1.82, 2.24) is 0 Å². The van der Waals surface area contributed by atoms with Crippen molar-refractivity contribution in [3.05, 3.63) is 64.7 Å². The Morgan fingerprint density at radius 2 is 1.28 bits per heavy atom. The molecular weight excluding hydrogens is 478 g/mol. The van der Waals surface area contributed by atoms with E-state index in [2.05, 4.69) is 44.2 Å². The molecule has 0 bridgehead atoms. The Morgan fingerprint density at radius 1 is 0.744 bits per heavy atom. The van der Waals surface area contributed by atoms with Crippen LogP contribution in [0.5, 0.6) is 5.75 Å². The highest BCUT2D eigenvalue weighted by Gasteiger charge is 2.29. The topological polar surface area (TPSA) is 50.1 Å². The molecule has 1 aliphatic rings. The van der Waals surface area contributed by atoms with Crippen LogP contribution in [0.1, 0.15) is 145 Å². The van der Waals surface area contributed by atoms with Gasteiger partial charge in [-0.1, -0.05) is 108 Å². The third-order valence-electron chi connectivity index (χ3n) is 8.52. The van der Waals surface area contributed by atoms with Crippen molar-refractivity contribution in [2.24, 2.45) is 5.92 Å². The first-order chi connectivity index (χ1) is 19.1. The van der Waals surface area contributed by atoms with E-state index >= 15 is 0 Å². The zero-order valence-corrected chi connectivity index (χ0v) is 24.7. The van der Waals surface area contributed by atoms with E-state index in [0.717, 1.165) is 44.1 Å². The first-order valence-corrected chi connectivity index (χ1v) is 16.0. The molecule has 212 valence electrons. The molecule has 1 saturated carbocycles. The van der Waals surface area contributed by atoms with E-state index in [1.54, 1.807) is 0 Å². The summed E-state index contributed by atoms with van der Waals surface area (Å²) in [4.78, 5) is 13.0. The lowest BCUT2D eigenvalue weighted by atomic mass is 9.78. The van der Waals surface area contributed by atoms with Crippen LogP contribution in [0.3, 0.4) is 0 Å². The second-order valence-corrected chi connectivity index (χ2v) is 11.7. The molecule has 0 radical (unpaired) electrons. The van der Waals surface area contributed by atoms with E-state index in [0.29, 0.717) is 17.2 Å². The predicted octanol–water partition coefficient (Wildman–Crippen LogP) is 10.2. The maximum absolute atomic E-state index is 13.0. The van der Waals surface area contributed by atoms with Crippen LogP contribution < -0.4 is 4.74 Å². The average molecular weight is 530 g/mol. The van der Waals surface area contributed by atoms with Gasteiger partial charge in [-0.15, -0.1) is 0 Å². The van der Waals surface area contributed by atoms with Crippen LogP contribution in [0.4, 0.5) is 0 Å². The summed E-state index contributed by atoms with van der Waals surface area (Å²) in [5.74, 6) is 0.678. The Morgan fingerprint density at radius 3 is 1.87 bits per heavy atom. The average Bonchev–Trinajstić information content (AvgIpc) is 2.97. The van der Waals surface area contributed by atoms with Gasteiger partial charge in [0.1, 0.15) is 11.8 Å². The van der Waals surface area contributed by atoms with Gasteiger partial charge >= 0.3 is 5.97 Å². The van der Waals surface area contributed by atoms with Gasteiger partial charge in [-0.3, -0.25) is 4.79 Å². The minimum Gasteiger partial charge on any atom is -0.425 e. The van der Waals surface area contributed by atoms with E-state index in [9.17, 15) is 10.1 Å². The summed E-state index contributed by atoms with van der Waals surface area (Å²) in [5.41, 5.74) is 4.47. The SMILES string of the molecule is CCCCCCCCCc1ccc(OC(=O)C2CCC(c3ccc(CCCCCCC)cc3)CC2)c(C#N)c1. The molecule has 0 heterocycles. The number of aryl methyl sites for hydroxylation is 2. The summed E-state index contributed by atoms with van der Waals surface area (Å²) in [6, 6.07) is 17.2. The van der Waals surface area contributed by atoms with Crippen molar-refractivity contribution in [2.75, 3.05) is 0 Å². The zero-order valence-electron chi connectivity index (χ0n) is 24.7. The molecule has 0 saturated heterocycles. The Labute approximate surface area is 238 Å². The molecule has 2 aromatic rings. The summed E-state index contributed by atoms with van der Waals surface area (Å²) in [6.45, 7) is 4.51. The van der Waals surface area contributed by atoms with Gasteiger partial charge in [-0.25, -0.2) is 0 Å². The Balaban J connectivity index is 1.41. The monoisotopic (exact) mass is 529 g/mol. The molecule has 2 aromatic carbocycles. The molecule has 3 heteroatoms. The number of nitriles is 1. The summed E-state index contributed by atoms with van der Waals surface area (Å²) in [5, 5.41) is 9.68. The molecule has 0 spiro atoms. The minimum absolute atomic E-state index is 0.0810. The van der Waals surface area contributed by atoms with Crippen molar-refractivity contribution >= 4 is 5.97 Å². The molecule has 0 N–H and O–H groups in total. The van der Waals surface area contributed by atoms with Crippen LogP contribution in [0.15, 0.2) is 42.5 Å². The number of ether oxygens (including phenoxy) is 1. The predicted molar refractivity (Wildman–Crippen MR) is 162 cm³/mol. The second kappa shape index (κ2) is 17.9. The van der Waals surface area contributed by atoms with E-state index in [1.165, 1.54) is 88.2 Å². The number of benzene rings is 2. The quantitative estimate of drug-likeness (QED) is 0.116. The Kier molecular flexibility index (Phi) is 14.2. The zero-order chi connectivity index (χ0) is 27.7. The summed E-state index contributed by atoms with van der Waals surface area (Å²) in [7, 11) is 0. The van der Waals surface area contributed by atoms with Crippen molar-refractivity contribution < 1.29 is 9.53 Å². The number of carbonyl (C=O) groups is 1. The lowest BCUT2D eigenvalue weighted by Gasteiger charge is -2.27. The molecule has 1 fully saturated rings. The molecule has 3 rings (SSSR count). The third-order valence-corrected chi connectivity index (χ3v) is 8.52. The minimum atomic E-state index is -0.178. The Bertz CT molecular complexity index is 1010. The fourth-order valence-corrected chi connectivity index (χ4v) is 5.94. The maximum atomic E-state index is 13.0. The molecule has 0 atom stereocenters. The first kappa shape index (κ1) is 30.9. The highest BCUT2D eigenvalue weighted by Crippen LogP contribution is 2.37. The van der Waals surface area contributed by atoms with E-state index < -0.39 is 0 Å². The van der Waals surface area contributed by atoms with Gasteiger partial charge in [0, 0.05) is 0 Å². The van der Waals surface area contributed by atoms with Crippen molar-refractivity contribution in [1.29, 1.82) is 5.26 Å². The molecular formula is C36H51NO2. The number of hydrogen-bond acceptors (Lipinski definition) is 3. The largest absolute Gasteiger partial charge is 0.425 e. The normalized spacial score (nSPS) is 17.1. The van der Waals surface area contributed by atoms with Gasteiger partial charge in [-0.2, -0.15) is 5.26 Å². The fraction of sp³-hybridized carbons (Fsp3) is 0.611. The van der Waals surface area contributed by atoms with E-state index in [-0.39, 0.29) is 11.9 Å². The van der Waals surface area contributed by atoms with Gasteiger partial charge in [-0.05, 0) is 86.1 Å². The van der Waals surface area contributed by atoms with Crippen LogP contribution in [0, 0.1) is 17.2 Å². The Hall–Kier alpha value is -2.60. The molecule has 3 nitrogen and oxygen atoms in total. The lowest BCUT2D eigenvalue weighted by Crippen LogP contribution is -2.25. The van der Waals surface area contributed by atoms with Crippen LogP contribution in [0.2, 0.25) is 0 Å². The van der Waals surface area contributed by atoms with E-state index in [1.807, 2.05) is 18.2 Å². The highest BCUT2D eigenvalue weighted by atomic mass is 16.5. The molecule has 0 aromatic heterocycles. The number of hydrogen-bond donors (Lipinski definition) is 0. The molecule has 39 heavy (non-hydrogen) atoms. The van der Waals surface area contributed by atoms with E-state index in [4.69, 9.17) is 4.74 Å². The molecule has 0 amide bonds. The van der Waals surface area contributed by atoms with Gasteiger partial charge < -0.3 is 4.74 Å². The van der Waals surface area contributed by atoms with Crippen molar-refractivity contribution in [3.63, 3.8) is 0 Å². The third kappa shape index (κ3) is 10.8. The standard InChI is InChI=1S/C36H51NO2/c1-3-5-7-9-10-12-14-16-30-19-26-35(34(27-30)28-37)39-36(38)33-24-22-32(23-25-33)31-20-17-29(18-21-31)15-13-11-8-6-4-2/h17-21,26-27,32-33H,3-16,22-25H2,1-2H3. The van der Waals surface area contributed by atoms with Crippen molar-refractivity contribution in [3.8, 4) is 11.8 Å². The van der Waals surface area contributed by atoms with Crippen LogP contribution in [-0.2, 0) is 17.6 Å². The number of rotatable bonds is 17. The number of nitrogens with zero attached hydrogens (tertiary/aromatic N) is 1. The van der Waals surface area contributed by atoms with Gasteiger partial charge in [0.05, 0.1) is 11.5 Å². The lowest BCUT2D eigenvalue weighted by molar-refractivity contribution is -0.140. The van der Waals surface area contributed by atoms with Gasteiger partial charge in [0.25, 0.3) is 0 Å².